The maximum atomic E-state index is 12.7. The molecule has 2 heterocycles. The Balaban J connectivity index is 1.44. The molecule has 0 saturated carbocycles. The average molecular weight is 404 g/mol. The van der Waals surface area contributed by atoms with Crippen molar-refractivity contribution in [3.8, 4) is 17.0 Å². The van der Waals surface area contributed by atoms with Gasteiger partial charge in [-0.3, -0.25) is 14.2 Å². The summed E-state index contributed by atoms with van der Waals surface area (Å²) < 4.78 is 11.9. The number of hydrogen-bond acceptors (Lipinski definition) is 6. The molecule has 1 N–H and O–H groups in total. The van der Waals surface area contributed by atoms with E-state index in [1.807, 2.05) is 54.6 Å². The fourth-order valence-corrected chi connectivity index (χ4v) is 3.15. The molecular formula is C22H20N4O4. The summed E-state index contributed by atoms with van der Waals surface area (Å²) in [6, 6.07) is 16.9. The van der Waals surface area contributed by atoms with Gasteiger partial charge in [0.15, 0.2) is 0 Å². The molecule has 0 atom stereocenters. The summed E-state index contributed by atoms with van der Waals surface area (Å²) in [7, 11) is 1.59. The minimum Gasteiger partial charge on any atom is -0.496 e. The van der Waals surface area contributed by atoms with Crippen LogP contribution in [-0.4, -0.2) is 27.7 Å². The molecule has 8 nitrogen and oxygen atoms in total. The molecule has 4 aromatic rings. The van der Waals surface area contributed by atoms with Crippen LogP contribution in [0.1, 0.15) is 12.0 Å². The van der Waals surface area contributed by atoms with E-state index in [0.29, 0.717) is 23.5 Å². The lowest BCUT2D eigenvalue weighted by molar-refractivity contribution is -0.121. The summed E-state index contributed by atoms with van der Waals surface area (Å²) >= 11 is 0. The number of methoxy groups -OCH3 is 1. The molecular weight excluding hydrogens is 384 g/mol. The molecule has 0 aliphatic heterocycles. The number of ether oxygens (including phenoxy) is 1. The molecule has 30 heavy (non-hydrogen) atoms. The van der Waals surface area contributed by atoms with Gasteiger partial charge >= 0.3 is 0 Å². The second-order valence-corrected chi connectivity index (χ2v) is 6.66. The minimum atomic E-state index is -0.368. The number of hydrogen-bond donors (Lipinski definition) is 1. The van der Waals surface area contributed by atoms with Crippen molar-refractivity contribution in [2.75, 3.05) is 7.11 Å². The molecule has 0 aliphatic carbocycles. The van der Waals surface area contributed by atoms with E-state index >= 15 is 0 Å². The Morgan fingerprint density at radius 3 is 2.70 bits per heavy atom. The standard InChI is InChI=1S/C22H20N4O4/c1-29-17-10-6-5-9-16(17)13-23-18(27)11-12-26-14-24-20-19(15-7-3-2-4-8-15)25-30-21(20)22(26)28/h2-10,14H,11-13H2,1H3,(H,23,27). The van der Waals surface area contributed by atoms with Crippen LogP contribution in [0.15, 0.2) is 70.2 Å². The van der Waals surface area contributed by atoms with Crippen molar-refractivity contribution in [2.45, 2.75) is 19.5 Å². The third-order valence-corrected chi connectivity index (χ3v) is 4.74. The predicted octanol–water partition coefficient (Wildman–Crippen LogP) is 2.77. The van der Waals surface area contributed by atoms with Gasteiger partial charge in [0.2, 0.25) is 5.91 Å². The number of benzene rings is 2. The van der Waals surface area contributed by atoms with Gasteiger partial charge in [-0.1, -0.05) is 53.7 Å². The van der Waals surface area contributed by atoms with Gasteiger partial charge in [0, 0.05) is 30.6 Å². The molecule has 152 valence electrons. The monoisotopic (exact) mass is 404 g/mol. The van der Waals surface area contributed by atoms with Crippen molar-refractivity contribution in [2.24, 2.45) is 0 Å². The van der Waals surface area contributed by atoms with Gasteiger partial charge in [0.05, 0.1) is 13.4 Å². The fourth-order valence-electron chi connectivity index (χ4n) is 3.15. The Hall–Kier alpha value is -3.94. The van der Waals surface area contributed by atoms with Gasteiger partial charge in [0.25, 0.3) is 11.1 Å². The molecule has 0 radical (unpaired) electrons. The van der Waals surface area contributed by atoms with Gasteiger partial charge in [-0.05, 0) is 6.07 Å². The highest BCUT2D eigenvalue weighted by Crippen LogP contribution is 2.24. The maximum absolute atomic E-state index is 12.7. The smallest absolute Gasteiger partial charge is 0.299 e. The molecule has 0 saturated heterocycles. The summed E-state index contributed by atoms with van der Waals surface area (Å²) in [4.78, 5) is 29.3. The van der Waals surface area contributed by atoms with Crippen LogP contribution in [0.4, 0.5) is 0 Å². The molecule has 0 aliphatic rings. The number of aryl methyl sites for hydroxylation is 1. The van der Waals surface area contributed by atoms with Crippen molar-refractivity contribution < 1.29 is 14.1 Å². The molecule has 0 fully saturated rings. The maximum Gasteiger partial charge on any atom is 0.299 e. The Morgan fingerprint density at radius 1 is 1.13 bits per heavy atom. The Bertz CT molecular complexity index is 1230. The van der Waals surface area contributed by atoms with Crippen LogP contribution >= 0.6 is 0 Å². The van der Waals surface area contributed by atoms with E-state index in [1.54, 1.807) is 7.11 Å². The first-order valence-electron chi connectivity index (χ1n) is 9.46. The van der Waals surface area contributed by atoms with Crippen LogP contribution in [0, 0.1) is 0 Å². The topological polar surface area (TPSA) is 99.2 Å². The van der Waals surface area contributed by atoms with E-state index in [0.717, 1.165) is 11.1 Å². The Morgan fingerprint density at radius 2 is 1.90 bits per heavy atom. The van der Waals surface area contributed by atoms with Gasteiger partial charge in [-0.25, -0.2) is 4.98 Å². The van der Waals surface area contributed by atoms with E-state index < -0.39 is 0 Å². The number of fused-ring (bicyclic) bond motifs is 1. The third kappa shape index (κ3) is 3.93. The zero-order chi connectivity index (χ0) is 20.9. The largest absolute Gasteiger partial charge is 0.496 e. The van der Waals surface area contributed by atoms with Crippen LogP contribution in [0.3, 0.4) is 0 Å². The molecule has 0 unspecified atom stereocenters. The Kier molecular flexibility index (Phi) is 5.56. The van der Waals surface area contributed by atoms with Gasteiger partial charge in [0.1, 0.15) is 17.0 Å². The highest BCUT2D eigenvalue weighted by atomic mass is 16.5. The highest BCUT2D eigenvalue weighted by Gasteiger charge is 2.16. The second kappa shape index (κ2) is 8.60. The zero-order valence-corrected chi connectivity index (χ0v) is 16.4. The van der Waals surface area contributed by atoms with Crippen LogP contribution < -0.4 is 15.6 Å². The third-order valence-electron chi connectivity index (χ3n) is 4.74. The summed E-state index contributed by atoms with van der Waals surface area (Å²) in [6.45, 7) is 0.526. The number of rotatable bonds is 7. The molecule has 2 aromatic heterocycles. The lowest BCUT2D eigenvalue weighted by atomic mass is 10.1. The van der Waals surface area contributed by atoms with Crippen LogP contribution in [0.5, 0.6) is 5.75 Å². The number of nitrogens with one attached hydrogen (secondary N) is 1. The van der Waals surface area contributed by atoms with E-state index in [1.165, 1.54) is 10.9 Å². The SMILES string of the molecule is COc1ccccc1CNC(=O)CCn1cnc2c(-c3ccccc3)noc2c1=O. The molecule has 4 rings (SSSR count). The average Bonchev–Trinajstić information content (AvgIpc) is 3.23. The number of carbonyl (C=O) groups excluding carboxylic acids is 1. The van der Waals surface area contributed by atoms with E-state index in [2.05, 4.69) is 15.5 Å². The molecule has 2 aromatic carbocycles. The first-order chi connectivity index (χ1) is 14.7. The van der Waals surface area contributed by atoms with Crippen molar-refractivity contribution in [3.63, 3.8) is 0 Å². The molecule has 1 amide bonds. The fraction of sp³-hybridized carbons (Fsp3) is 0.182. The summed E-state index contributed by atoms with van der Waals surface area (Å²) in [5.41, 5.74) is 2.32. The van der Waals surface area contributed by atoms with E-state index in [-0.39, 0.29) is 30.0 Å². The lowest BCUT2D eigenvalue weighted by Gasteiger charge is -2.10. The predicted molar refractivity (Wildman–Crippen MR) is 111 cm³/mol. The zero-order valence-electron chi connectivity index (χ0n) is 16.4. The van der Waals surface area contributed by atoms with Gasteiger partial charge in [-0.15, -0.1) is 0 Å². The minimum absolute atomic E-state index is 0.0748. The van der Waals surface area contributed by atoms with Crippen LogP contribution in [-0.2, 0) is 17.9 Å². The normalized spacial score (nSPS) is 10.8. The van der Waals surface area contributed by atoms with Crippen LogP contribution in [0.2, 0.25) is 0 Å². The number of carbonyl (C=O) groups is 1. The Labute approximate surface area is 172 Å². The second-order valence-electron chi connectivity index (χ2n) is 6.66. The first kappa shape index (κ1) is 19.4. The first-order valence-corrected chi connectivity index (χ1v) is 9.46. The van der Waals surface area contributed by atoms with Crippen molar-refractivity contribution in [1.82, 2.24) is 20.0 Å². The van der Waals surface area contributed by atoms with Crippen molar-refractivity contribution in [3.05, 3.63) is 76.8 Å². The summed E-state index contributed by atoms with van der Waals surface area (Å²) in [5.74, 6) is 0.527. The number of amides is 1. The number of nitrogens with zero attached hydrogens (tertiary/aromatic N) is 3. The number of para-hydroxylation sites is 1. The highest BCUT2D eigenvalue weighted by molar-refractivity contribution is 5.87. The summed E-state index contributed by atoms with van der Waals surface area (Å²) in [5, 5.41) is 6.84. The molecule has 8 heteroatoms. The van der Waals surface area contributed by atoms with E-state index in [4.69, 9.17) is 9.26 Å². The van der Waals surface area contributed by atoms with Crippen molar-refractivity contribution >= 4 is 17.0 Å². The van der Waals surface area contributed by atoms with Gasteiger partial charge < -0.3 is 14.6 Å². The number of aromatic nitrogens is 3. The lowest BCUT2D eigenvalue weighted by Crippen LogP contribution is -2.27. The quantitative estimate of drug-likeness (QED) is 0.509. The summed E-state index contributed by atoms with van der Waals surface area (Å²) in [6.07, 6.45) is 1.55. The van der Waals surface area contributed by atoms with Crippen molar-refractivity contribution in [1.29, 1.82) is 0 Å². The van der Waals surface area contributed by atoms with Gasteiger partial charge in [-0.2, -0.15) is 0 Å². The van der Waals surface area contributed by atoms with E-state index in [9.17, 15) is 9.59 Å². The van der Waals surface area contributed by atoms with Crippen LogP contribution in [0.25, 0.3) is 22.4 Å². The molecule has 0 bridgehead atoms. The molecule has 0 spiro atoms.